The van der Waals surface area contributed by atoms with Crippen LogP contribution in [0.1, 0.15) is 131 Å². The molecule has 0 saturated heterocycles. The average Bonchev–Trinajstić information content (AvgIpc) is 3.36. The van der Waals surface area contributed by atoms with E-state index in [1.807, 2.05) is 0 Å². The van der Waals surface area contributed by atoms with Gasteiger partial charge < -0.3 is 19.7 Å². The number of carboxylic acid groups (broad SMARTS) is 2. The molecule has 5 fully saturated rings. The molecule has 0 amide bonds. The minimum Gasteiger partial charge on any atom is -0.481 e. The number of hydrogen-bond donors (Lipinski definition) is 2. The van der Waals surface area contributed by atoms with E-state index in [2.05, 4.69) is 48.1 Å². The highest BCUT2D eigenvalue weighted by Gasteiger charge is 2.71. The predicted octanol–water partition coefficient (Wildman–Crippen LogP) is 7.83. The van der Waals surface area contributed by atoms with Gasteiger partial charge in [-0.05, 0) is 117 Å². The highest BCUT2D eigenvalue weighted by atomic mass is 16.5. The van der Waals surface area contributed by atoms with Gasteiger partial charge in [0.1, 0.15) is 6.10 Å². The molecule has 0 unspecified atom stereocenters. The minimum absolute atomic E-state index is 0.0818. The number of esters is 2. The van der Waals surface area contributed by atoms with Crippen LogP contribution in [0.4, 0.5) is 0 Å². The second-order valence-electron chi connectivity index (χ2n) is 17.3. The van der Waals surface area contributed by atoms with Crippen molar-refractivity contribution >= 4 is 23.9 Å². The van der Waals surface area contributed by atoms with Gasteiger partial charge in [0.05, 0.1) is 32.3 Å². The summed E-state index contributed by atoms with van der Waals surface area (Å²) in [6.45, 7) is 19.2. The summed E-state index contributed by atoms with van der Waals surface area (Å²) in [5, 5.41) is 18.1. The van der Waals surface area contributed by atoms with Gasteiger partial charge in [0.2, 0.25) is 0 Å². The molecule has 258 valence electrons. The Morgan fingerprint density at radius 3 is 2.00 bits per heavy atom. The molecule has 0 bridgehead atoms. The number of aliphatic carboxylic acids is 2. The normalized spacial score (nSPS) is 42.4. The molecule has 5 aliphatic carbocycles. The lowest BCUT2D eigenvalue weighted by molar-refractivity contribution is -0.252. The number of ether oxygens (including phenoxy) is 2. The molecule has 2 N–H and O–H groups in total. The highest BCUT2D eigenvalue weighted by molar-refractivity contribution is 5.77. The van der Waals surface area contributed by atoms with E-state index in [0.717, 1.165) is 64.2 Å². The Hall–Kier alpha value is -2.38. The van der Waals surface area contributed by atoms with E-state index in [9.17, 15) is 19.2 Å². The number of rotatable bonds is 10. The summed E-state index contributed by atoms with van der Waals surface area (Å²) in [6, 6.07) is 0. The molecule has 0 aromatic carbocycles. The molecule has 46 heavy (non-hydrogen) atoms. The summed E-state index contributed by atoms with van der Waals surface area (Å²) in [4.78, 5) is 47.3. The fraction of sp³-hybridized carbons (Fsp3) is 0.842. The molecule has 5 rings (SSSR count). The van der Waals surface area contributed by atoms with Gasteiger partial charge in [-0.1, -0.05) is 46.8 Å². The van der Waals surface area contributed by atoms with Crippen molar-refractivity contribution in [2.24, 2.45) is 56.7 Å². The van der Waals surface area contributed by atoms with E-state index in [-0.39, 0.29) is 58.9 Å². The van der Waals surface area contributed by atoms with E-state index >= 15 is 0 Å². The van der Waals surface area contributed by atoms with Gasteiger partial charge in [-0.3, -0.25) is 19.2 Å². The molecule has 5 saturated carbocycles. The molecule has 10 atom stereocenters. The van der Waals surface area contributed by atoms with Gasteiger partial charge >= 0.3 is 23.9 Å². The first-order valence-electron chi connectivity index (χ1n) is 17.9. The van der Waals surface area contributed by atoms with Crippen molar-refractivity contribution in [1.82, 2.24) is 0 Å². The lowest BCUT2D eigenvalue weighted by atomic mass is 9.32. The second-order valence-corrected chi connectivity index (χ2v) is 17.3. The zero-order valence-electron chi connectivity index (χ0n) is 29.1. The summed E-state index contributed by atoms with van der Waals surface area (Å²) in [5.74, 6) is -0.505. The molecule has 8 heteroatoms. The average molecular weight is 643 g/mol. The zero-order valence-corrected chi connectivity index (χ0v) is 29.1. The Morgan fingerprint density at radius 1 is 0.717 bits per heavy atom. The third-order valence-electron chi connectivity index (χ3n) is 15.1. The van der Waals surface area contributed by atoms with E-state index in [1.165, 1.54) is 5.57 Å². The topological polar surface area (TPSA) is 127 Å². The van der Waals surface area contributed by atoms with Crippen LogP contribution in [0, 0.1) is 56.7 Å². The maximum atomic E-state index is 12.6. The van der Waals surface area contributed by atoms with Crippen molar-refractivity contribution in [2.75, 3.05) is 6.61 Å². The van der Waals surface area contributed by atoms with Crippen LogP contribution in [0.5, 0.6) is 0 Å². The highest BCUT2D eigenvalue weighted by Crippen LogP contribution is 2.77. The van der Waals surface area contributed by atoms with Crippen LogP contribution in [0.2, 0.25) is 0 Å². The summed E-state index contributed by atoms with van der Waals surface area (Å²) in [7, 11) is 0. The summed E-state index contributed by atoms with van der Waals surface area (Å²) in [6.07, 6.45) is 9.79. The first-order chi connectivity index (χ1) is 21.4. The lowest BCUT2D eigenvalue weighted by Gasteiger charge is -2.73. The quantitative estimate of drug-likeness (QED) is 0.182. The largest absolute Gasteiger partial charge is 0.481 e. The molecule has 0 aromatic heterocycles. The Labute approximate surface area is 275 Å². The van der Waals surface area contributed by atoms with Gasteiger partial charge in [0.25, 0.3) is 0 Å². The van der Waals surface area contributed by atoms with Crippen LogP contribution in [-0.4, -0.2) is 46.8 Å². The number of fused-ring (bicyclic) bond motifs is 7. The molecule has 0 aliphatic heterocycles. The van der Waals surface area contributed by atoms with Gasteiger partial charge in [-0.15, -0.1) is 0 Å². The Balaban J connectivity index is 1.38. The van der Waals surface area contributed by atoms with Crippen LogP contribution in [0.15, 0.2) is 12.2 Å². The predicted molar refractivity (Wildman–Crippen MR) is 174 cm³/mol. The minimum atomic E-state index is -0.980. The van der Waals surface area contributed by atoms with Gasteiger partial charge in [0, 0.05) is 10.8 Å². The van der Waals surface area contributed by atoms with Crippen LogP contribution in [0.25, 0.3) is 0 Å². The fourth-order valence-corrected chi connectivity index (χ4v) is 12.7. The number of allylic oxidation sites excluding steroid dienone is 1. The van der Waals surface area contributed by atoms with E-state index in [1.54, 1.807) is 0 Å². The smallest absolute Gasteiger partial charge is 0.306 e. The van der Waals surface area contributed by atoms with Crippen molar-refractivity contribution in [2.45, 2.75) is 138 Å². The van der Waals surface area contributed by atoms with E-state index in [4.69, 9.17) is 19.7 Å². The van der Waals surface area contributed by atoms with Crippen molar-refractivity contribution in [1.29, 1.82) is 0 Å². The SMILES string of the molecule is C=C(C)[C@@H]1CC[C@]2(COC(=O)CCC(=O)O)CC[C@]3(C)[C@H](CC[C@@H]4[C@@]5(C)CC[C@H](OC(=O)CCC(=O)O)C(C)(C)[C@H]5CC[C@]43C)[C@@H]12. The van der Waals surface area contributed by atoms with Crippen LogP contribution in [-0.2, 0) is 28.7 Å². The molecule has 0 heterocycles. The second kappa shape index (κ2) is 12.3. The summed E-state index contributed by atoms with van der Waals surface area (Å²) >= 11 is 0. The molecule has 8 nitrogen and oxygen atoms in total. The fourth-order valence-electron chi connectivity index (χ4n) is 12.7. The maximum absolute atomic E-state index is 12.6. The first-order valence-corrected chi connectivity index (χ1v) is 17.9. The Kier molecular flexibility index (Phi) is 9.31. The maximum Gasteiger partial charge on any atom is 0.306 e. The van der Waals surface area contributed by atoms with Gasteiger partial charge in [-0.2, -0.15) is 0 Å². The van der Waals surface area contributed by atoms with Gasteiger partial charge in [0.15, 0.2) is 0 Å². The molecule has 0 aromatic rings. The standard InChI is InChI=1S/C38H58O8/c1-23(2)24-14-19-38(22-45-31(43)12-10-29(39)40)21-20-36(6)25(33(24)38)8-9-27-35(5)17-16-28(46-32(44)13-11-30(41)42)34(3,4)26(35)15-18-37(27,36)7/h24-28,33H,1,8-22H2,2-7H3,(H,39,40)(H,41,42)/t24-,25+,26+,27+,28-,33+,35-,36+,37+,38+/m0/s1. The molecular formula is C38H58O8. The van der Waals surface area contributed by atoms with Crippen LogP contribution >= 0.6 is 0 Å². The number of carbonyl (C=O) groups excluding carboxylic acids is 2. The molecule has 5 aliphatic rings. The third kappa shape index (κ3) is 5.61. The van der Waals surface area contributed by atoms with Crippen molar-refractivity contribution in [3.05, 3.63) is 12.2 Å². The number of carbonyl (C=O) groups is 4. The third-order valence-corrected chi connectivity index (χ3v) is 15.1. The Bertz CT molecular complexity index is 1250. The van der Waals surface area contributed by atoms with Crippen LogP contribution < -0.4 is 0 Å². The number of hydrogen-bond acceptors (Lipinski definition) is 6. The Morgan fingerprint density at radius 2 is 1.37 bits per heavy atom. The van der Waals surface area contributed by atoms with Crippen LogP contribution in [0.3, 0.4) is 0 Å². The molecular weight excluding hydrogens is 584 g/mol. The summed E-state index contributed by atoms with van der Waals surface area (Å²) < 4.78 is 11.9. The molecule has 0 spiro atoms. The van der Waals surface area contributed by atoms with Gasteiger partial charge in [-0.25, -0.2) is 0 Å². The lowest BCUT2D eigenvalue weighted by Crippen LogP contribution is -2.67. The van der Waals surface area contributed by atoms with E-state index in [0.29, 0.717) is 36.2 Å². The number of carboxylic acids is 2. The monoisotopic (exact) mass is 642 g/mol. The summed E-state index contributed by atoms with van der Waals surface area (Å²) in [5.41, 5.74) is 1.35. The van der Waals surface area contributed by atoms with Crippen molar-refractivity contribution in [3.8, 4) is 0 Å². The molecule has 0 radical (unpaired) electrons. The first kappa shape index (κ1) is 34.9. The van der Waals surface area contributed by atoms with E-state index < -0.39 is 23.9 Å². The van der Waals surface area contributed by atoms with Crippen molar-refractivity contribution < 1.29 is 38.9 Å². The van der Waals surface area contributed by atoms with Crippen molar-refractivity contribution in [3.63, 3.8) is 0 Å². The zero-order chi connectivity index (χ0) is 33.9.